The number of hydrogen-bond acceptors (Lipinski definition) is 4. The number of carbonyl (C=O) groups excluding carboxylic acids is 2. The lowest BCUT2D eigenvalue weighted by Crippen LogP contribution is -2.37. The molecule has 0 saturated carbocycles. The minimum atomic E-state index is -0.334. The molecule has 0 bridgehead atoms. The Balaban J connectivity index is 1.56. The van der Waals surface area contributed by atoms with E-state index in [4.69, 9.17) is 0 Å². The largest absolute Gasteiger partial charge is 0.357 e. The average molecular weight is 369 g/mol. The van der Waals surface area contributed by atoms with E-state index in [1.807, 2.05) is 13.0 Å². The summed E-state index contributed by atoms with van der Waals surface area (Å²) in [6, 6.07) is 9.38. The van der Waals surface area contributed by atoms with E-state index in [1.54, 1.807) is 24.4 Å². The molecule has 142 valence electrons. The molecule has 1 fully saturated rings. The van der Waals surface area contributed by atoms with Gasteiger partial charge in [0.2, 0.25) is 0 Å². The maximum Gasteiger partial charge on any atom is 0.252 e. The number of nitrogens with zero attached hydrogens (tertiary/aromatic N) is 2. The van der Waals surface area contributed by atoms with Gasteiger partial charge in [0.15, 0.2) is 5.78 Å². The molecule has 5 nitrogen and oxygen atoms in total. The predicted octanol–water partition coefficient (Wildman–Crippen LogP) is 3.46. The van der Waals surface area contributed by atoms with Crippen LogP contribution in [-0.4, -0.2) is 36.3 Å². The number of benzene rings is 1. The zero-order valence-corrected chi connectivity index (χ0v) is 15.5. The second-order valence-electron chi connectivity index (χ2n) is 6.79. The van der Waals surface area contributed by atoms with E-state index in [9.17, 15) is 14.0 Å². The second-order valence-corrected chi connectivity index (χ2v) is 6.79. The smallest absolute Gasteiger partial charge is 0.252 e. The van der Waals surface area contributed by atoms with Gasteiger partial charge in [0.05, 0.1) is 5.56 Å². The van der Waals surface area contributed by atoms with Gasteiger partial charge in [0, 0.05) is 37.3 Å². The van der Waals surface area contributed by atoms with E-state index in [-0.39, 0.29) is 23.4 Å². The summed E-state index contributed by atoms with van der Waals surface area (Å²) in [6.07, 6.45) is 3.95. The number of piperidine rings is 1. The van der Waals surface area contributed by atoms with Crippen molar-refractivity contribution in [2.45, 2.75) is 26.2 Å². The standard InChI is InChI=1S/C21H24FN3O2/c1-2-11-23-21(27)17-5-8-19(24-14-17)25-12-9-16(10-13-25)20(26)15-3-6-18(22)7-4-15/h3-8,14,16H,2,9-13H2,1H3,(H,23,27). The van der Waals surface area contributed by atoms with Gasteiger partial charge >= 0.3 is 0 Å². The number of pyridine rings is 1. The average Bonchev–Trinajstić information content (AvgIpc) is 2.72. The molecule has 0 spiro atoms. The molecule has 2 aromatic rings. The van der Waals surface area contributed by atoms with Crippen LogP contribution in [0.3, 0.4) is 0 Å². The van der Waals surface area contributed by atoms with E-state index in [1.165, 1.54) is 12.1 Å². The number of rotatable bonds is 6. The minimum absolute atomic E-state index is 0.0502. The Bertz CT molecular complexity index is 782. The Morgan fingerprint density at radius 2 is 1.78 bits per heavy atom. The Kier molecular flexibility index (Phi) is 6.16. The van der Waals surface area contributed by atoms with E-state index >= 15 is 0 Å². The number of nitrogens with one attached hydrogen (secondary N) is 1. The highest BCUT2D eigenvalue weighted by atomic mass is 19.1. The van der Waals surface area contributed by atoms with Crippen molar-refractivity contribution in [1.82, 2.24) is 10.3 Å². The molecule has 3 rings (SSSR count). The van der Waals surface area contributed by atoms with Crippen molar-refractivity contribution in [1.29, 1.82) is 0 Å². The van der Waals surface area contributed by atoms with Crippen LogP contribution in [0.5, 0.6) is 0 Å². The molecule has 0 aliphatic carbocycles. The first-order valence-corrected chi connectivity index (χ1v) is 9.37. The van der Waals surface area contributed by atoms with Gasteiger partial charge < -0.3 is 10.2 Å². The molecule has 1 amide bonds. The molecule has 0 unspecified atom stereocenters. The lowest BCUT2D eigenvalue weighted by molar-refractivity contribution is 0.0899. The molecule has 1 saturated heterocycles. The van der Waals surface area contributed by atoms with Crippen molar-refractivity contribution in [3.05, 3.63) is 59.5 Å². The fraction of sp³-hybridized carbons (Fsp3) is 0.381. The van der Waals surface area contributed by atoms with Gasteiger partial charge in [-0.05, 0) is 55.7 Å². The van der Waals surface area contributed by atoms with Crippen molar-refractivity contribution in [3.63, 3.8) is 0 Å². The van der Waals surface area contributed by atoms with E-state index in [0.717, 1.165) is 38.2 Å². The summed E-state index contributed by atoms with van der Waals surface area (Å²) in [5.41, 5.74) is 1.11. The molecule has 2 heterocycles. The first kappa shape index (κ1) is 19.0. The molecule has 27 heavy (non-hydrogen) atoms. The van der Waals surface area contributed by atoms with E-state index in [2.05, 4.69) is 15.2 Å². The van der Waals surface area contributed by atoms with Crippen molar-refractivity contribution in [2.24, 2.45) is 5.92 Å². The van der Waals surface area contributed by atoms with Crippen LogP contribution in [0.2, 0.25) is 0 Å². The van der Waals surface area contributed by atoms with Gasteiger partial charge in [0.1, 0.15) is 11.6 Å². The summed E-state index contributed by atoms with van der Waals surface area (Å²) in [4.78, 5) is 31.0. The maximum absolute atomic E-state index is 13.0. The molecule has 1 aliphatic rings. The monoisotopic (exact) mass is 369 g/mol. The molecule has 0 radical (unpaired) electrons. The van der Waals surface area contributed by atoms with Gasteiger partial charge in [-0.15, -0.1) is 0 Å². The molecule has 1 aromatic heterocycles. The van der Waals surface area contributed by atoms with Crippen LogP contribution >= 0.6 is 0 Å². The Morgan fingerprint density at radius 1 is 1.11 bits per heavy atom. The third kappa shape index (κ3) is 4.70. The van der Waals surface area contributed by atoms with Crippen LogP contribution in [0.25, 0.3) is 0 Å². The number of aromatic nitrogens is 1. The molecule has 6 heteroatoms. The van der Waals surface area contributed by atoms with Gasteiger partial charge in [-0.3, -0.25) is 9.59 Å². The summed E-state index contributed by atoms with van der Waals surface area (Å²) < 4.78 is 13.0. The number of Topliss-reactive ketones (excluding diaryl/α,β-unsaturated/α-hetero) is 1. The van der Waals surface area contributed by atoms with Crippen molar-refractivity contribution in [3.8, 4) is 0 Å². The molecular weight excluding hydrogens is 345 g/mol. The molecule has 1 aromatic carbocycles. The van der Waals surface area contributed by atoms with Gasteiger partial charge in [-0.25, -0.2) is 9.37 Å². The van der Waals surface area contributed by atoms with E-state index in [0.29, 0.717) is 17.7 Å². The third-order valence-corrected chi connectivity index (χ3v) is 4.86. The van der Waals surface area contributed by atoms with Crippen LogP contribution in [0.15, 0.2) is 42.6 Å². The summed E-state index contributed by atoms with van der Waals surface area (Å²) >= 11 is 0. The second kappa shape index (κ2) is 8.75. The van der Waals surface area contributed by atoms with Crippen molar-refractivity contribution >= 4 is 17.5 Å². The number of carbonyl (C=O) groups is 2. The van der Waals surface area contributed by atoms with Crippen molar-refractivity contribution in [2.75, 3.05) is 24.5 Å². The SMILES string of the molecule is CCCNC(=O)c1ccc(N2CCC(C(=O)c3ccc(F)cc3)CC2)nc1. The van der Waals surface area contributed by atoms with Crippen LogP contribution in [-0.2, 0) is 0 Å². The fourth-order valence-corrected chi connectivity index (χ4v) is 3.27. The topological polar surface area (TPSA) is 62.3 Å². The number of anilines is 1. The van der Waals surface area contributed by atoms with Crippen LogP contribution in [0.4, 0.5) is 10.2 Å². The molecule has 1 aliphatic heterocycles. The van der Waals surface area contributed by atoms with Gasteiger partial charge in [-0.2, -0.15) is 0 Å². The maximum atomic E-state index is 13.0. The first-order chi connectivity index (χ1) is 13.1. The summed E-state index contributed by atoms with van der Waals surface area (Å²) in [6.45, 7) is 4.11. The third-order valence-electron chi connectivity index (χ3n) is 4.86. The van der Waals surface area contributed by atoms with Gasteiger partial charge in [0.25, 0.3) is 5.91 Å². The summed E-state index contributed by atoms with van der Waals surface area (Å²) in [5.74, 6) is 0.393. The number of ketones is 1. The van der Waals surface area contributed by atoms with Crippen LogP contribution in [0.1, 0.15) is 46.9 Å². The summed E-state index contributed by atoms with van der Waals surface area (Å²) in [5, 5.41) is 2.83. The lowest BCUT2D eigenvalue weighted by Gasteiger charge is -2.32. The van der Waals surface area contributed by atoms with E-state index < -0.39 is 0 Å². The lowest BCUT2D eigenvalue weighted by atomic mass is 9.89. The fourth-order valence-electron chi connectivity index (χ4n) is 3.27. The van der Waals surface area contributed by atoms with Gasteiger partial charge in [-0.1, -0.05) is 6.92 Å². The minimum Gasteiger partial charge on any atom is -0.357 e. The Hall–Kier alpha value is -2.76. The first-order valence-electron chi connectivity index (χ1n) is 9.37. The zero-order chi connectivity index (χ0) is 19.2. The zero-order valence-electron chi connectivity index (χ0n) is 15.5. The Morgan fingerprint density at radius 3 is 2.37 bits per heavy atom. The van der Waals surface area contributed by atoms with Crippen molar-refractivity contribution < 1.29 is 14.0 Å². The molecular formula is C21H24FN3O2. The normalized spacial score (nSPS) is 14.8. The number of hydrogen-bond donors (Lipinski definition) is 1. The Labute approximate surface area is 158 Å². The number of amides is 1. The predicted molar refractivity (Wildman–Crippen MR) is 103 cm³/mol. The molecule has 0 atom stereocenters. The highest BCUT2D eigenvalue weighted by molar-refractivity contribution is 5.98. The highest BCUT2D eigenvalue weighted by Crippen LogP contribution is 2.25. The highest BCUT2D eigenvalue weighted by Gasteiger charge is 2.26. The number of halogens is 1. The quantitative estimate of drug-likeness (QED) is 0.792. The summed E-state index contributed by atoms with van der Waals surface area (Å²) in [7, 11) is 0. The van der Waals surface area contributed by atoms with Crippen LogP contribution < -0.4 is 10.2 Å². The molecule has 1 N–H and O–H groups in total. The van der Waals surface area contributed by atoms with Crippen LogP contribution in [0, 0.1) is 11.7 Å².